The Morgan fingerprint density at radius 1 is 1.20 bits per heavy atom. The van der Waals surface area contributed by atoms with Gasteiger partial charge in [0.25, 0.3) is 0 Å². The van der Waals surface area contributed by atoms with E-state index in [1.165, 1.54) is 0 Å². The monoisotopic (exact) mass is 438 g/mol. The number of piperazine rings is 1. The van der Waals surface area contributed by atoms with Crippen LogP contribution in [-0.2, 0) is 9.47 Å². The molecule has 2 aliphatic rings. The summed E-state index contributed by atoms with van der Waals surface area (Å²) in [4.78, 5) is 9.20. The highest BCUT2D eigenvalue weighted by Gasteiger charge is 2.19. The Bertz CT molecular complexity index is 630. The van der Waals surface area contributed by atoms with Gasteiger partial charge in [-0.3, -0.25) is 9.89 Å². The van der Waals surface area contributed by atoms with E-state index in [1.54, 1.807) is 0 Å². The molecule has 3 rings (SSSR count). The summed E-state index contributed by atoms with van der Waals surface area (Å²) in [5.74, 6) is 2.43. The lowest BCUT2D eigenvalue weighted by Crippen LogP contribution is -2.53. The average Bonchev–Trinajstić information content (AvgIpc) is 3.29. The van der Waals surface area contributed by atoms with E-state index in [4.69, 9.17) is 25.8 Å². The third-order valence-corrected chi connectivity index (χ3v) is 5.75. The molecule has 0 saturated carbocycles. The smallest absolute Gasteiger partial charge is 0.193 e. The lowest BCUT2D eigenvalue weighted by molar-refractivity contribution is 0.0886. The van der Waals surface area contributed by atoms with Crippen molar-refractivity contribution in [3.63, 3.8) is 0 Å². The molecule has 30 heavy (non-hydrogen) atoms. The summed E-state index contributed by atoms with van der Waals surface area (Å²) < 4.78 is 17.0. The maximum Gasteiger partial charge on any atom is 0.193 e. The molecule has 2 aliphatic heterocycles. The number of nitrogens with zero attached hydrogens (tertiary/aromatic N) is 3. The fraction of sp³-hybridized carbons (Fsp3) is 0.682. The molecule has 1 N–H and O–H groups in total. The van der Waals surface area contributed by atoms with Crippen molar-refractivity contribution < 1.29 is 14.2 Å². The van der Waals surface area contributed by atoms with E-state index in [0.717, 1.165) is 95.3 Å². The van der Waals surface area contributed by atoms with E-state index in [2.05, 4.69) is 20.1 Å². The van der Waals surface area contributed by atoms with E-state index >= 15 is 0 Å². The van der Waals surface area contributed by atoms with E-state index in [-0.39, 0.29) is 0 Å². The second-order valence-electron chi connectivity index (χ2n) is 7.76. The first kappa shape index (κ1) is 23.1. The zero-order valence-corrected chi connectivity index (χ0v) is 18.8. The van der Waals surface area contributed by atoms with Crippen LogP contribution in [0.3, 0.4) is 0 Å². The summed E-state index contributed by atoms with van der Waals surface area (Å²) in [6, 6.07) is 7.52. The van der Waals surface area contributed by atoms with Gasteiger partial charge in [0.2, 0.25) is 0 Å². The molecule has 0 radical (unpaired) electrons. The molecule has 1 aromatic carbocycles. The molecule has 2 fully saturated rings. The summed E-state index contributed by atoms with van der Waals surface area (Å²) in [6.45, 7) is 9.78. The van der Waals surface area contributed by atoms with Gasteiger partial charge >= 0.3 is 0 Å². The van der Waals surface area contributed by atoms with Crippen LogP contribution in [0.15, 0.2) is 29.3 Å². The molecule has 1 aromatic rings. The van der Waals surface area contributed by atoms with E-state index in [0.29, 0.717) is 12.5 Å². The number of ether oxygens (including phenoxy) is 3. The van der Waals surface area contributed by atoms with Gasteiger partial charge in [-0.2, -0.15) is 0 Å². The van der Waals surface area contributed by atoms with Crippen LogP contribution in [0.1, 0.15) is 12.8 Å². The van der Waals surface area contributed by atoms with Crippen LogP contribution in [0.25, 0.3) is 0 Å². The minimum absolute atomic E-state index is 0.582. The molecule has 8 heteroatoms. The molecule has 0 bridgehead atoms. The molecule has 2 saturated heterocycles. The van der Waals surface area contributed by atoms with Gasteiger partial charge in [0.15, 0.2) is 5.96 Å². The topological polar surface area (TPSA) is 58.6 Å². The molecule has 7 nitrogen and oxygen atoms in total. The Morgan fingerprint density at radius 3 is 2.70 bits per heavy atom. The number of guanidine groups is 1. The Labute approximate surface area is 185 Å². The van der Waals surface area contributed by atoms with Crippen molar-refractivity contribution in [2.45, 2.75) is 12.8 Å². The van der Waals surface area contributed by atoms with Crippen LogP contribution in [0.5, 0.6) is 5.75 Å². The van der Waals surface area contributed by atoms with Gasteiger partial charge in [-0.25, -0.2) is 0 Å². The van der Waals surface area contributed by atoms with Gasteiger partial charge in [-0.05, 0) is 37.1 Å². The lowest BCUT2D eigenvalue weighted by atomic mass is 10.1. The predicted molar refractivity (Wildman–Crippen MR) is 121 cm³/mol. The van der Waals surface area contributed by atoms with Crippen molar-refractivity contribution in [3.8, 4) is 5.75 Å². The molecular formula is C22H35ClN4O3. The molecule has 1 atom stereocenters. The normalized spacial score (nSPS) is 20.5. The van der Waals surface area contributed by atoms with Crippen molar-refractivity contribution in [2.75, 3.05) is 79.4 Å². The maximum atomic E-state index is 5.90. The van der Waals surface area contributed by atoms with Gasteiger partial charge in [0.1, 0.15) is 12.4 Å². The zero-order valence-electron chi connectivity index (χ0n) is 18.0. The van der Waals surface area contributed by atoms with Gasteiger partial charge < -0.3 is 24.4 Å². The van der Waals surface area contributed by atoms with Crippen LogP contribution in [0.4, 0.5) is 0 Å². The SMILES string of the molecule is CN=C(NCCCOCC1CCOC1)N1CCN(CCOc2ccc(Cl)cc2)CC1. The minimum atomic E-state index is 0.582. The summed E-state index contributed by atoms with van der Waals surface area (Å²) >= 11 is 5.90. The Hall–Kier alpha value is -1.54. The molecule has 0 spiro atoms. The highest BCUT2D eigenvalue weighted by Crippen LogP contribution is 2.15. The summed E-state index contributed by atoms with van der Waals surface area (Å²) in [6.07, 6.45) is 2.11. The van der Waals surface area contributed by atoms with Crippen LogP contribution in [0.2, 0.25) is 5.02 Å². The number of benzene rings is 1. The summed E-state index contributed by atoms with van der Waals surface area (Å²) in [7, 11) is 1.85. The van der Waals surface area contributed by atoms with Crippen molar-refractivity contribution in [3.05, 3.63) is 29.3 Å². The van der Waals surface area contributed by atoms with Crippen LogP contribution >= 0.6 is 11.6 Å². The quantitative estimate of drug-likeness (QED) is 0.344. The van der Waals surface area contributed by atoms with Gasteiger partial charge in [0, 0.05) is 70.5 Å². The Kier molecular flexibility index (Phi) is 10.0. The van der Waals surface area contributed by atoms with Gasteiger partial charge in [-0.15, -0.1) is 0 Å². The number of aliphatic imine (C=N–C) groups is 1. The number of hydrogen-bond donors (Lipinski definition) is 1. The van der Waals surface area contributed by atoms with Crippen LogP contribution < -0.4 is 10.1 Å². The zero-order chi connectivity index (χ0) is 21.0. The number of halogens is 1. The van der Waals surface area contributed by atoms with E-state index < -0.39 is 0 Å². The third-order valence-electron chi connectivity index (χ3n) is 5.50. The molecule has 2 heterocycles. The standard InChI is InChI=1S/C22H35ClN4O3/c1-24-22(25-8-2-14-28-17-19-7-15-29-18-19)27-11-9-26(10-12-27)13-16-30-21-5-3-20(23)4-6-21/h3-6,19H,2,7-18H2,1H3,(H,24,25). The van der Waals surface area contributed by atoms with Crippen molar-refractivity contribution >= 4 is 17.6 Å². The lowest BCUT2D eigenvalue weighted by Gasteiger charge is -2.36. The Morgan fingerprint density at radius 2 is 2.00 bits per heavy atom. The maximum absolute atomic E-state index is 5.90. The van der Waals surface area contributed by atoms with Crippen molar-refractivity contribution in [1.82, 2.24) is 15.1 Å². The largest absolute Gasteiger partial charge is 0.492 e. The summed E-state index contributed by atoms with van der Waals surface area (Å²) in [5, 5.41) is 4.20. The number of hydrogen-bond acceptors (Lipinski definition) is 5. The molecule has 0 aliphatic carbocycles. The fourth-order valence-electron chi connectivity index (χ4n) is 3.68. The van der Waals surface area contributed by atoms with Crippen LogP contribution in [-0.4, -0.2) is 95.1 Å². The molecular weight excluding hydrogens is 404 g/mol. The second kappa shape index (κ2) is 13.0. The molecule has 0 aromatic heterocycles. The third kappa shape index (κ3) is 7.95. The second-order valence-corrected chi connectivity index (χ2v) is 8.20. The minimum Gasteiger partial charge on any atom is -0.492 e. The number of nitrogens with one attached hydrogen (secondary N) is 1. The highest BCUT2D eigenvalue weighted by atomic mass is 35.5. The van der Waals surface area contributed by atoms with Crippen LogP contribution in [0, 0.1) is 5.92 Å². The van der Waals surface area contributed by atoms with E-state index in [9.17, 15) is 0 Å². The van der Waals surface area contributed by atoms with Gasteiger partial charge in [0.05, 0.1) is 13.2 Å². The van der Waals surface area contributed by atoms with Crippen molar-refractivity contribution in [2.24, 2.45) is 10.9 Å². The molecule has 0 amide bonds. The first-order valence-electron chi connectivity index (χ1n) is 11.0. The Balaban J connectivity index is 1.24. The molecule has 168 valence electrons. The fourth-order valence-corrected chi connectivity index (χ4v) is 3.80. The summed E-state index contributed by atoms with van der Waals surface area (Å²) in [5.41, 5.74) is 0. The van der Waals surface area contributed by atoms with Crippen molar-refractivity contribution in [1.29, 1.82) is 0 Å². The predicted octanol–water partition coefficient (Wildman–Crippen LogP) is 2.35. The highest BCUT2D eigenvalue weighted by molar-refractivity contribution is 6.30. The first-order valence-corrected chi connectivity index (χ1v) is 11.3. The van der Waals surface area contributed by atoms with E-state index in [1.807, 2.05) is 31.3 Å². The molecule has 1 unspecified atom stereocenters. The average molecular weight is 439 g/mol. The van der Waals surface area contributed by atoms with Gasteiger partial charge in [-0.1, -0.05) is 11.6 Å². The first-order chi connectivity index (χ1) is 14.7. The number of rotatable bonds is 10.